The Hall–Kier alpha value is -1.23. The molecule has 0 spiro atoms. The maximum atomic E-state index is 12.9. The zero-order chi connectivity index (χ0) is 15.9. The number of fused-ring (bicyclic) bond motifs is 1. The molecule has 2 aliphatic rings. The number of rotatable bonds is 7. The third-order valence-corrected chi connectivity index (χ3v) is 4.75. The SMILES string of the molecule is CCCCN1CC/C(=N/O)C2C=CN(CCCCCl)C2C1=O. The topological polar surface area (TPSA) is 56.1 Å². The number of amides is 1. The van der Waals surface area contributed by atoms with Crippen LogP contribution in [0, 0.1) is 5.92 Å². The minimum Gasteiger partial charge on any atom is -0.411 e. The summed E-state index contributed by atoms with van der Waals surface area (Å²) < 4.78 is 0. The molecule has 22 heavy (non-hydrogen) atoms. The van der Waals surface area contributed by atoms with E-state index in [4.69, 9.17) is 11.6 Å². The van der Waals surface area contributed by atoms with E-state index in [1.165, 1.54) is 0 Å². The summed E-state index contributed by atoms with van der Waals surface area (Å²) in [6, 6.07) is -0.249. The highest BCUT2D eigenvalue weighted by atomic mass is 35.5. The highest BCUT2D eigenvalue weighted by Gasteiger charge is 2.42. The molecule has 2 unspecified atom stereocenters. The predicted molar refractivity (Wildman–Crippen MR) is 88.4 cm³/mol. The third-order valence-electron chi connectivity index (χ3n) is 4.48. The lowest BCUT2D eigenvalue weighted by atomic mass is 9.95. The van der Waals surface area contributed by atoms with Gasteiger partial charge in [0.1, 0.15) is 6.04 Å². The number of unbranched alkanes of at least 4 members (excludes halogenated alkanes) is 2. The van der Waals surface area contributed by atoms with E-state index in [1.807, 2.05) is 17.2 Å². The Labute approximate surface area is 137 Å². The van der Waals surface area contributed by atoms with Crippen molar-refractivity contribution in [2.45, 2.75) is 45.1 Å². The number of oxime groups is 1. The largest absolute Gasteiger partial charge is 0.411 e. The average Bonchev–Trinajstić information content (AvgIpc) is 2.88. The number of alkyl halides is 1. The minimum absolute atomic E-state index is 0.0971. The zero-order valence-electron chi connectivity index (χ0n) is 13.2. The van der Waals surface area contributed by atoms with Crippen molar-refractivity contribution in [3.63, 3.8) is 0 Å². The first-order chi connectivity index (χ1) is 10.7. The molecule has 0 aromatic carbocycles. The Kier molecular flexibility index (Phi) is 6.55. The summed E-state index contributed by atoms with van der Waals surface area (Å²) >= 11 is 5.74. The van der Waals surface area contributed by atoms with E-state index >= 15 is 0 Å². The second kappa shape index (κ2) is 8.42. The summed E-state index contributed by atoms with van der Waals surface area (Å²) in [6.07, 6.45) is 8.61. The first kappa shape index (κ1) is 17.1. The third kappa shape index (κ3) is 3.75. The van der Waals surface area contributed by atoms with Gasteiger partial charge in [-0.1, -0.05) is 24.6 Å². The molecule has 1 fully saturated rings. The molecule has 0 aromatic heterocycles. The molecule has 0 saturated carbocycles. The van der Waals surface area contributed by atoms with Crippen LogP contribution >= 0.6 is 11.6 Å². The maximum Gasteiger partial charge on any atom is 0.246 e. The number of likely N-dealkylation sites (tertiary alicyclic amines) is 1. The van der Waals surface area contributed by atoms with E-state index in [9.17, 15) is 10.0 Å². The highest BCUT2D eigenvalue weighted by Crippen LogP contribution is 2.29. The standard InChI is InChI=1S/C16H26ClN3O2/c1-2-3-9-20-12-7-14(18-22)13-6-11-19(10-5-4-8-17)15(13)16(20)21/h6,11,13,15,22H,2-5,7-10,12H2,1H3/b18-14-. The second-order valence-electron chi connectivity index (χ2n) is 5.97. The van der Waals surface area contributed by atoms with Crippen molar-refractivity contribution < 1.29 is 10.0 Å². The van der Waals surface area contributed by atoms with E-state index < -0.39 is 0 Å². The molecule has 6 heteroatoms. The summed E-state index contributed by atoms with van der Waals surface area (Å²) in [5, 5.41) is 12.8. The predicted octanol–water partition coefficient (Wildman–Crippen LogP) is 2.68. The van der Waals surface area contributed by atoms with Gasteiger partial charge in [-0.15, -0.1) is 11.6 Å². The van der Waals surface area contributed by atoms with Crippen molar-refractivity contribution in [3.8, 4) is 0 Å². The van der Waals surface area contributed by atoms with Crippen molar-refractivity contribution in [2.75, 3.05) is 25.5 Å². The fourth-order valence-electron chi connectivity index (χ4n) is 3.20. The smallest absolute Gasteiger partial charge is 0.246 e. The van der Waals surface area contributed by atoms with E-state index in [0.29, 0.717) is 24.6 Å². The molecular formula is C16H26ClN3O2. The van der Waals surface area contributed by atoms with E-state index in [1.54, 1.807) is 0 Å². The molecule has 2 atom stereocenters. The van der Waals surface area contributed by atoms with Gasteiger partial charge in [-0.25, -0.2) is 0 Å². The lowest BCUT2D eigenvalue weighted by molar-refractivity contribution is -0.135. The molecule has 1 saturated heterocycles. The summed E-state index contributed by atoms with van der Waals surface area (Å²) in [5.74, 6) is 0.707. The summed E-state index contributed by atoms with van der Waals surface area (Å²) in [5.41, 5.74) is 0.716. The summed E-state index contributed by atoms with van der Waals surface area (Å²) in [6.45, 7) is 4.37. The fraction of sp³-hybridized carbons (Fsp3) is 0.750. The monoisotopic (exact) mass is 327 g/mol. The molecule has 2 rings (SSSR count). The van der Waals surface area contributed by atoms with Gasteiger partial charge in [0, 0.05) is 37.9 Å². The Morgan fingerprint density at radius 2 is 2.18 bits per heavy atom. The Morgan fingerprint density at radius 3 is 2.86 bits per heavy atom. The molecule has 1 N–H and O–H groups in total. The van der Waals surface area contributed by atoms with Crippen molar-refractivity contribution in [3.05, 3.63) is 12.3 Å². The Balaban J connectivity index is 2.13. The van der Waals surface area contributed by atoms with Crippen molar-refractivity contribution in [1.29, 1.82) is 0 Å². The van der Waals surface area contributed by atoms with E-state index in [-0.39, 0.29) is 17.9 Å². The van der Waals surface area contributed by atoms with Gasteiger partial charge in [0.25, 0.3) is 0 Å². The number of nitrogens with zero attached hydrogens (tertiary/aromatic N) is 3. The first-order valence-corrected chi connectivity index (χ1v) is 8.76. The van der Waals surface area contributed by atoms with Crippen LogP contribution in [0.3, 0.4) is 0 Å². The number of carbonyl (C=O) groups excluding carboxylic acids is 1. The highest BCUT2D eigenvalue weighted by molar-refractivity contribution is 6.17. The summed E-state index contributed by atoms with van der Waals surface area (Å²) in [7, 11) is 0. The van der Waals surface area contributed by atoms with Gasteiger partial charge < -0.3 is 15.0 Å². The first-order valence-electron chi connectivity index (χ1n) is 8.22. The van der Waals surface area contributed by atoms with Crippen LogP contribution in [0.2, 0.25) is 0 Å². The van der Waals surface area contributed by atoms with Gasteiger partial charge in [0.15, 0.2) is 0 Å². The second-order valence-corrected chi connectivity index (χ2v) is 6.34. The minimum atomic E-state index is -0.249. The average molecular weight is 328 g/mol. The van der Waals surface area contributed by atoms with Crippen LogP contribution in [-0.4, -0.2) is 58.2 Å². The molecule has 0 aromatic rings. The Bertz CT molecular complexity index is 439. The van der Waals surface area contributed by atoms with Crippen molar-refractivity contribution in [1.82, 2.24) is 9.80 Å². The van der Waals surface area contributed by atoms with Gasteiger partial charge >= 0.3 is 0 Å². The van der Waals surface area contributed by atoms with Gasteiger partial charge in [0.05, 0.1) is 5.71 Å². The molecule has 124 valence electrons. The molecular weight excluding hydrogens is 302 g/mol. The molecule has 1 amide bonds. The van der Waals surface area contributed by atoms with Gasteiger partial charge in [-0.3, -0.25) is 4.79 Å². The van der Waals surface area contributed by atoms with E-state index in [2.05, 4.69) is 17.0 Å². The lowest BCUT2D eigenvalue weighted by Crippen LogP contribution is -2.47. The Morgan fingerprint density at radius 1 is 1.36 bits per heavy atom. The zero-order valence-corrected chi connectivity index (χ0v) is 14.0. The van der Waals surface area contributed by atoms with Crippen LogP contribution in [0.15, 0.2) is 17.4 Å². The van der Waals surface area contributed by atoms with Crippen LogP contribution in [0.25, 0.3) is 0 Å². The van der Waals surface area contributed by atoms with Gasteiger partial charge in [-0.05, 0) is 25.5 Å². The van der Waals surface area contributed by atoms with Crippen LogP contribution < -0.4 is 0 Å². The molecule has 2 heterocycles. The van der Waals surface area contributed by atoms with Crippen molar-refractivity contribution >= 4 is 23.2 Å². The van der Waals surface area contributed by atoms with Crippen LogP contribution in [0.1, 0.15) is 39.0 Å². The lowest BCUT2D eigenvalue weighted by Gasteiger charge is -2.31. The van der Waals surface area contributed by atoms with E-state index in [0.717, 1.165) is 38.8 Å². The number of halogens is 1. The molecule has 0 radical (unpaired) electrons. The summed E-state index contributed by atoms with van der Waals surface area (Å²) in [4.78, 5) is 16.9. The van der Waals surface area contributed by atoms with Crippen molar-refractivity contribution in [2.24, 2.45) is 11.1 Å². The normalized spacial score (nSPS) is 26.6. The molecule has 0 bridgehead atoms. The maximum absolute atomic E-state index is 12.9. The van der Waals surface area contributed by atoms with Crippen LogP contribution in [0.4, 0.5) is 0 Å². The van der Waals surface area contributed by atoms with Gasteiger partial charge in [0.2, 0.25) is 5.91 Å². The molecule has 2 aliphatic heterocycles. The van der Waals surface area contributed by atoms with Crippen LogP contribution in [-0.2, 0) is 4.79 Å². The van der Waals surface area contributed by atoms with Gasteiger partial charge in [-0.2, -0.15) is 0 Å². The number of hydrogen-bond donors (Lipinski definition) is 1. The van der Waals surface area contributed by atoms with Crippen LogP contribution in [0.5, 0.6) is 0 Å². The quantitative estimate of drug-likeness (QED) is 0.338. The molecule has 5 nitrogen and oxygen atoms in total. The number of carbonyl (C=O) groups is 1. The molecule has 0 aliphatic carbocycles. The number of hydrogen-bond acceptors (Lipinski definition) is 4. The fourth-order valence-corrected chi connectivity index (χ4v) is 3.39.